The maximum atomic E-state index is 5.60. The molecule has 0 bridgehead atoms. The van der Waals surface area contributed by atoms with Gasteiger partial charge in [0.15, 0.2) is 6.23 Å². The Bertz CT molecular complexity index is 602. The van der Waals surface area contributed by atoms with Gasteiger partial charge in [-0.2, -0.15) is 0 Å². The van der Waals surface area contributed by atoms with E-state index >= 15 is 0 Å². The van der Waals surface area contributed by atoms with Gasteiger partial charge in [-0.1, -0.05) is 41.9 Å². The molecule has 1 heterocycles. The number of ether oxygens (including phenoxy) is 1. The molecule has 1 aliphatic rings. The van der Waals surface area contributed by atoms with Gasteiger partial charge in [-0.05, 0) is 24.3 Å². The van der Waals surface area contributed by atoms with E-state index in [-0.39, 0.29) is 0 Å². The number of hydrogen-bond acceptors (Lipinski definition) is 3. The van der Waals surface area contributed by atoms with Crippen molar-refractivity contribution >= 4 is 23.1 Å². The van der Waals surface area contributed by atoms with E-state index in [1.54, 1.807) is 18.9 Å². The van der Waals surface area contributed by atoms with Crippen LogP contribution in [0.15, 0.2) is 58.3 Å². The van der Waals surface area contributed by atoms with Crippen LogP contribution in [-0.4, -0.2) is 13.3 Å². The van der Waals surface area contributed by atoms with Gasteiger partial charge in [0.1, 0.15) is 0 Å². The van der Waals surface area contributed by atoms with Gasteiger partial charge in [0.25, 0.3) is 0 Å². The molecule has 0 amide bonds. The van der Waals surface area contributed by atoms with Crippen LogP contribution in [-0.2, 0) is 4.74 Å². The molecule has 2 aromatic rings. The van der Waals surface area contributed by atoms with E-state index in [0.717, 1.165) is 11.4 Å². The third kappa shape index (κ3) is 1.99. The van der Waals surface area contributed by atoms with E-state index in [1.165, 1.54) is 9.79 Å². The molecule has 19 heavy (non-hydrogen) atoms. The highest BCUT2D eigenvalue weighted by atomic mass is 32.2. The first-order chi connectivity index (χ1) is 9.35. The Morgan fingerprint density at radius 1 is 1.05 bits per heavy atom. The van der Waals surface area contributed by atoms with Gasteiger partial charge in [-0.25, -0.2) is 0 Å². The lowest BCUT2D eigenvalue weighted by Gasteiger charge is -2.35. The van der Waals surface area contributed by atoms with Crippen LogP contribution in [0, 0.1) is 12.3 Å². The third-order valence-corrected chi connectivity index (χ3v) is 4.20. The van der Waals surface area contributed by atoms with E-state index < -0.39 is 6.23 Å². The van der Waals surface area contributed by atoms with Crippen LogP contribution >= 0.6 is 11.8 Å². The fourth-order valence-corrected chi connectivity index (χ4v) is 3.31. The predicted octanol–water partition coefficient (Wildman–Crippen LogP) is 3.90. The SMILES string of the molecule is C#CC(OC)N1c2ccccc2Sc2ccccc21. The Kier molecular flexibility index (Phi) is 3.20. The second-order valence-electron chi connectivity index (χ2n) is 4.16. The lowest BCUT2D eigenvalue weighted by Crippen LogP contribution is -2.33. The van der Waals surface area contributed by atoms with Gasteiger partial charge in [0, 0.05) is 16.9 Å². The molecule has 3 rings (SSSR count). The zero-order valence-corrected chi connectivity index (χ0v) is 11.4. The number of rotatable bonds is 2. The third-order valence-electron chi connectivity index (χ3n) is 3.07. The predicted molar refractivity (Wildman–Crippen MR) is 78.8 cm³/mol. The molecule has 1 aliphatic heterocycles. The van der Waals surface area contributed by atoms with Gasteiger partial charge < -0.3 is 9.64 Å². The Labute approximate surface area is 117 Å². The lowest BCUT2D eigenvalue weighted by atomic mass is 10.2. The number of fused-ring (bicyclic) bond motifs is 2. The first-order valence-corrected chi connectivity index (χ1v) is 6.81. The van der Waals surface area contributed by atoms with Crippen LogP contribution in [0.3, 0.4) is 0 Å². The van der Waals surface area contributed by atoms with Crippen molar-refractivity contribution in [3.8, 4) is 12.3 Å². The van der Waals surface area contributed by atoms with Crippen molar-refractivity contribution in [1.82, 2.24) is 0 Å². The van der Waals surface area contributed by atoms with Gasteiger partial charge >= 0.3 is 0 Å². The molecule has 1 unspecified atom stereocenters. The van der Waals surface area contributed by atoms with Gasteiger partial charge in [-0.3, -0.25) is 0 Å². The van der Waals surface area contributed by atoms with Gasteiger partial charge in [0.05, 0.1) is 11.4 Å². The fourth-order valence-electron chi connectivity index (χ4n) is 2.23. The largest absolute Gasteiger partial charge is 0.350 e. The number of nitrogens with zero attached hydrogens (tertiary/aromatic N) is 1. The van der Waals surface area contributed by atoms with Crippen LogP contribution in [0.25, 0.3) is 0 Å². The summed E-state index contributed by atoms with van der Waals surface area (Å²) in [7, 11) is 1.64. The molecule has 1 atom stereocenters. The second-order valence-corrected chi connectivity index (χ2v) is 5.25. The highest BCUT2D eigenvalue weighted by molar-refractivity contribution is 7.99. The molecule has 3 heteroatoms. The average molecular weight is 267 g/mol. The summed E-state index contributed by atoms with van der Waals surface area (Å²) in [6.07, 6.45) is 5.21. The first kappa shape index (κ1) is 12.2. The zero-order chi connectivity index (χ0) is 13.2. The Morgan fingerprint density at radius 2 is 1.58 bits per heavy atom. The van der Waals surface area contributed by atoms with Crippen molar-refractivity contribution in [2.45, 2.75) is 16.0 Å². The summed E-state index contributed by atoms with van der Waals surface area (Å²) in [5.41, 5.74) is 2.19. The van der Waals surface area contributed by atoms with E-state index in [1.807, 2.05) is 24.3 Å². The topological polar surface area (TPSA) is 12.5 Å². The van der Waals surface area contributed by atoms with Crippen LogP contribution in [0.4, 0.5) is 11.4 Å². The number of anilines is 2. The quantitative estimate of drug-likeness (QED) is 0.766. The summed E-state index contributed by atoms with van der Waals surface area (Å²) >= 11 is 1.76. The maximum Gasteiger partial charge on any atom is 0.197 e. The van der Waals surface area contributed by atoms with E-state index in [4.69, 9.17) is 11.2 Å². The first-order valence-electron chi connectivity index (χ1n) is 5.99. The van der Waals surface area contributed by atoms with Gasteiger partial charge in [0.2, 0.25) is 0 Å². The van der Waals surface area contributed by atoms with Crippen molar-refractivity contribution in [2.75, 3.05) is 12.0 Å². The van der Waals surface area contributed by atoms with Crippen molar-refractivity contribution < 1.29 is 4.74 Å². The Morgan fingerprint density at radius 3 is 2.05 bits per heavy atom. The number of terminal acetylenes is 1. The summed E-state index contributed by atoms with van der Waals surface area (Å²) in [6.45, 7) is 0. The molecule has 0 spiro atoms. The van der Waals surface area contributed by atoms with E-state index in [2.05, 4.69) is 35.1 Å². The summed E-state index contributed by atoms with van der Waals surface area (Å²) in [6, 6.07) is 16.5. The molecule has 0 fully saturated rings. The Hall–Kier alpha value is -1.89. The molecule has 2 nitrogen and oxygen atoms in total. The van der Waals surface area contributed by atoms with E-state index in [0.29, 0.717) is 0 Å². The Balaban J connectivity index is 2.19. The fraction of sp³-hybridized carbons (Fsp3) is 0.125. The highest BCUT2D eigenvalue weighted by Gasteiger charge is 2.27. The molecule has 94 valence electrons. The highest BCUT2D eigenvalue weighted by Crippen LogP contribution is 2.48. The van der Waals surface area contributed by atoms with E-state index in [9.17, 15) is 0 Å². The van der Waals surface area contributed by atoms with Crippen molar-refractivity contribution in [3.05, 3.63) is 48.5 Å². The zero-order valence-electron chi connectivity index (χ0n) is 10.5. The number of hydrogen-bond donors (Lipinski definition) is 0. The second kappa shape index (κ2) is 5.00. The minimum atomic E-state index is -0.400. The molecule has 0 saturated heterocycles. The van der Waals surface area contributed by atoms with Crippen molar-refractivity contribution in [2.24, 2.45) is 0 Å². The molecular weight excluding hydrogens is 254 g/mol. The average Bonchev–Trinajstić information content (AvgIpc) is 2.47. The van der Waals surface area contributed by atoms with Crippen LogP contribution < -0.4 is 4.90 Å². The number of methoxy groups -OCH3 is 1. The minimum absolute atomic E-state index is 0.400. The van der Waals surface area contributed by atoms with Crippen molar-refractivity contribution in [1.29, 1.82) is 0 Å². The van der Waals surface area contributed by atoms with Crippen LogP contribution in [0.2, 0.25) is 0 Å². The number of para-hydroxylation sites is 2. The molecule has 0 radical (unpaired) electrons. The minimum Gasteiger partial charge on any atom is -0.350 e. The normalized spacial score (nSPS) is 14.2. The van der Waals surface area contributed by atoms with Crippen LogP contribution in [0.1, 0.15) is 0 Å². The molecule has 0 aromatic heterocycles. The standard InChI is InChI=1S/C16H13NOS/c1-3-16(18-2)17-12-8-4-6-10-14(12)19-15-11-7-5-9-13(15)17/h1,4-11,16H,2H3. The molecule has 0 saturated carbocycles. The van der Waals surface area contributed by atoms with Crippen LogP contribution in [0.5, 0.6) is 0 Å². The smallest absolute Gasteiger partial charge is 0.197 e. The van der Waals surface area contributed by atoms with Gasteiger partial charge in [-0.15, -0.1) is 6.42 Å². The number of benzene rings is 2. The maximum absolute atomic E-state index is 5.60. The van der Waals surface area contributed by atoms with Crippen molar-refractivity contribution in [3.63, 3.8) is 0 Å². The summed E-state index contributed by atoms with van der Waals surface area (Å²) < 4.78 is 5.43. The molecular formula is C16H13NOS. The lowest BCUT2D eigenvalue weighted by molar-refractivity contribution is 0.152. The molecule has 2 aromatic carbocycles. The monoisotopic (exact) mass is 267 g/mol. The molecule has 0 aliphatic carbocycles. The summed E-state index contributed by atoms with van der Waals surface area (Å²) in [4.78, 5) is 4.46. The summed E-state index contributed by atoms with van der Waals surface area (Å²) in [5.74, 6) is 2.70. The molecule has 0 N–H and O–H groups in total. The summed E-state index contributed by atoms with van der Waals surface area (Å²) in [5, 5.41) is 0.